The summed E-state index contributed by atoms with van der Waals surface area (Å²) in [6.45, 7) is 2.41. The molecule has 0 bridgehead atoms. The average Bonchev–Trinajstić information content (AvgIpc) is 2.90. The topological polar surface area (TPSA) is 72.5 Å². The van der Waals surface area contributed by atoms with E-state index in [0.717, 1.165) is 12.8 Å². The Morgan fingerprint density at radius 1 is 1.12 bits per heavy atom. The van der Waals surface area contributed by atoms with Crippen molar-refractivity contribution in [2.75, 3.05) is 10.8 Å². The van der Waals surface area contributed by atoms with Gasteiger partial charge in [0.1, 0.15) is 0 Å². The van der Waals surface area contributed by atoms with E-state index in [1.165, 1.54) is 27.1 Å². The van der Waals surface area contributed by atoms with Crippen molar-refractivity contribution in [1.29, 1.82) is 0 Å². The predicted octanol–water partition coefficient (Wildman–Crippen LogP) is 3.13. The van der Waals surface area contributed by atoms with Crippen LogP contribution in [0, 0.1) is 0 Å². The van der Waals surface area contributed by atoms with Gasteiger partial charge < -0.3 is 4.42 Å². The zero-order valence-corrected chi connectivity index (χ0v) is 15.0. The maximum atomic E-state index is 13.2. The molecule has 0 aliphatic heterocycles. The van der Waals surface area contributed by atoms with Gasteiger partial charge in [-0.3, -0.25) is 8.87 Å². The third-order valence-corrected chi connectivity index (χ3v) is 5.93. The number of unbranched alkanes of at least 4 members (excludes halogenated alkanes) is 1. The average molecular weight is 360 g/mol. The van der Waals surface area contributed by atoms with Crippen molar-refractivity contribution in [3.05, 3.63) is 59.1 Å². The smallest absolute Gasteiger partial charge is 0.408 e. The van der Waals surface area contributed by atoms with E-state index in [-0.39, 0.29) is 4.90 Å². The first-order chi connectivity index (χ1) is 11.9. The highest BCUT2D eigenvalue weighted by molar-refractivity contribution is 7.92. The molecule has 0 N–H and O–H groups in total. The van der Waals surface area contributed by atoms with Crippen LogP contribution in [0.2, 0.25) is 0 Å². The predicted molar refractivity (Wildman–Crippen MR) is 97.3 cm³/mol. The summed E-state index contributed by atoms with van der Waals surface area (Å²) in [4.78, 5) is 11.8. The summed E-state index contributed by atoms with van der Waals surface area (Å²) in [5.41, 5.74) is 1.44. The third kappa shape index (κ3) is 3.19. The van der Waals surface area contributed by atoms with Gasteiger partial charge in [0, 0.05) is 13.6 Å². The number of aromatic nitrogens is 1. The highest BCUT2D eigenvalue weighted by Crippen LogP contribution is 2.26. The molecule has 0 aliphatic rings. The molecule has 3 rings (SSSR count). The van der Waals surface area contributed by atoms with Crippen molar-refractivity contribution >= 4 is 26.8 Å². The fourth-order valence-electron chi connectivity index (χ4n) is 2.68. The molecule has 2 aromatic carbocycles. The molecule has 132 valence electrons. The van der Waals surface area contributed by atoms with Crippen molar-refractivity contribution in [3.8, 4) is 0 Å². The maximum Gasteiger partial charge on any atom is 0.419 e. The molecule has 6 nitrogen and oxygen atoms in total. The summed E-state index contributed by atoms with van der Waals surface area (Å²) in [5.74, 6) is -0.518. The normalized spacial score (nSPS) is 11.8. The molecule has 0 unspecified atom stereocenters. The van der Waals surface area contributed by atoms with Gasteiger partial charge in [0.15, 0.2) is 5.58 Å². The largest absolute Gasteiger partial charge is 0.419 e. The van der Waals surface area contributed by atoms with E-state index in [4.69, 9.17) is 4.42 Å². The number of sulfonamides is 1. The van der Waals surface area contributed by atoms with Crippen LogP contribution in [0.1, 0.15) is 19.8 Å². The van der Waals surface area contributed by atoms with Crippen LogP contribution in [0.5, 0.6) is 0 Å². The number of hydrogen-bond acceptors (Lipinski definition) is 4. The first kappa shape index (κ1) is 17.3. The molecule has 0 amide bonds. The molecule has 0 fully saturated rings. The first-order valence-corrected chi connectivity index (χ1v) is 9.56. The van der Waals surface area contributed by atoms with Crippen molar-refractivity contribution < 1.29 is 12.8 Å². The van der Waals surface area contributed by atoms with Gasteiger partial charge in [-0.05, 0) is 36.8 Å². The van der Waals surface area contributed by atoms with Gasteiger partial charge in [-0.1, -0.05) is 31.5 Å². The lowest BCUT2D eigenvalue weighted by molar-refractivity contribution is 0.528. The second-order valence-corrected chi connectivity index (χ2v) is 7.69. The van der Waals surface area contributed by atoms with E-state index in [2.05, 4.69) is 0 Å². The zero-order valence-electron chi connectivity index (χ0n) is 14.2. The Morgan fingerprint density at radius 2 is 1.84 bits per heavy atom. The minimum Gasteiger partial charge on any atom is -0.408 e. The lowest BCUT2D eigenvalue weighted by Gasteiger charge is -2.24. The summed E-state index contributed by atoms with van der Waals surface area (Å²) >= 11 is 0. The van der Waals surface area contributed by atoms with Gasteiger partial charge in [-0.2, -0.15) is 0 Å². The van der Waals surface area contributed by atoms with E-state index in [1.54, 1.807) is 19.2 Å². The molecule has 7 heteroatoms. The molecule has 3 aromatic rings. The molecule has 0 radical (unpaired) electrons. The Kier molecular flexibility index (Phi) is 4.67. The summed E-state index contributed by atoms with van der Waals surface area (Å²) < 4.78 is 34.2. The minimum absolute atomic E-state index is 0.136. The number of hydrogen-bond donors (Lipinski definition) is 0. The Morgan fingerprint density at radius 3 is 2.52 bits per heavy atom. The summed E-state index contributed by atoms with van der Waals surface area (Å²) in [6, 6.07) is 13.5. The number of rotatable bonds is 6. The lowest BCUT2D eigenvalue weighted by Crippen LogP contribution is -2.32. The summed E-state index contributed by atoms with van der Waals surface area (Å²) in [5, 5.41) is 0. The highest BCUT2D eigenvalue weighted by Gasteiger charge is 2.25. The van der Waals surface area contributed by atoms with Crippen LogP contribution in [0.25, 0.3) is 11.1 Å². The first-order valence-electron chi connectivity index (χ1n) is 8.12. The molecular weight excluding hydrogens is 340 g/mol. The zero-order chi connectivity index (χ0) is 18.0. The van der Waals surface area contributed by atoms with Crippen LogP contribution in [0.4, 0.5) is 5.69 Å². The highest BCUT2D eigenvalue weighted by atomic mass is 32.2. The Labute approximate surface area is 146 Å². The molecule has 1 heterocycles. The number of benzene rings is 2. The van der Waals surface area contributed by atoms with E-state index in [9.17, 15) is 13.2 Å². The number of anilines is 1. The van der Waals surface area contributed by atoms with Crippen LogP contribution in [-0.2, 0) is 17.1 Å². The van der Waals surface area contributed by atoms with Gasteiger partial charge in [0.2, 0.25) is 0 Å². The summed E-state index contributed by atoms with van der Waals surface area (Å²) in [7, 11) is -2.20. The van der Waals surface area contributed by atoms with Crippen molar-refractivity contribution in [2.24, 2.45) is 7.05 Å². The van der Waals surface area contributed by atoms with E-state index < -0.39 is 15.8 Å². The number of fused-ring (bicyclic) bond motifs is 1. The standard InChI is InChI=1S/C18H20N2O4S/c1-3-4-12-20(14-8-6-5-7-9-14)25(22,23)15-10-11-17-16(13-15)19(2)18(21)24-17/h5-11,13H,3-4,12H2,1-2H3. The molecule has 0 atom stereocenters. The SMILES string of the molecule is CCCCN(c1ccccc1)S(=O)(=O)c1ccc2oc(=O)n(C)c2c1. The number of para-hydroxylation sites is 1. The van der Waals surface area contributed by atoms with Crippen molar-refractivity contribution in [2.45, 2.75) is 24.7 Å². The van der Waals surface area contributed by atoms with Crippen LogP contribution in [0.15, 0.2) is 62.6 Å². The Bertz CT molecular complexity index is 1040. The van der Waals surface area contributed by atoms with Gasteiger partial charge in [-0.25, -0.2) is 13.2 Å². The van der Waals surface area contributed by atoms with Gasteiger partial charge >= 0.3 is 5.76 Å². The minimum atomic E-state index is -3.75. The molecule has 25 heavy (non-hydrogen) atoms. The van der Waals surface area contributed by atoms with Crippen LogP contribution >= 0.6 is 0 Å². The van der Waals surface area contributed by atoms with Crippen LogP contribution in [0.3, 0.4) is 0 Å². The van der Waals surface area contributed by atoms with Gasteiger partial charge in [0.25, 0.3) is 10.0 Å². The van der Waals surface area contributed by atoms with Crippen molar-refractivity contribution in [1.82, 2.24) is 4.57 Å². The molecule has 0 saturated carbocycles. The summed E-state index contributed by atoms with van der Waals surface area (Å²) in [6.07, 6.45) is 1.63. The molecular formula is C18H20N2O4S. The quantitative estimate of drug-likeness (QED) is 0.677. The third-order valence-electron chi connectivity index (χ3n) is 4.11. The van der Waals surface area contributed by atoms with Crippen molar-refractivity contribution in [3.63, 3.8) is 0 Å². The van der Waals surface area contributed by atoms with Crippen LogP contribution < -0.4 is 10.1 Å². The molecule has 0 saturated heterocycles. The lowest BCUT2D eigenvalue weighted by atomic mass is 10.3. The Balaban J connectivity index is 2.11. The second kappa shape index (κ2) is 6.76. The number of aryl methyl sites for hydroxylation is 1. The second-order valence-electron chi connectivity index (χ2n) is 5.82. The van der Waals surface area contributed by atoms with Gasteiger partial charge in [0.05, 0.1) is 16.1 Å². The van der Waals surface area contributed by atoms with Crippen LogP contribution in [-0.4, -0.2) is 19.5 Å². The number of oxazole rings is 1. The molecule has 0 aliphatic carbocycles. The molecule has 0 spiro atoms. The molecule has 1 aromatic heterocycles. The monoisotopic (exact) mass is 360 g/mol. The fraction of sp³-hybridized carbons (Fsp3) is 0.278. The fourth-order valence-corrected chi connectivity index (χ4v) is 4.20. The number of nitrogens with zero attached hydrogens (tertiary/aromatic N) is 2. The Hall–Kier alpha value is -2.54. The van der Waals surface area contributed by atoms with Gasteiger partial charge in [-0.15, -0.1) is 0 Å². The van der Waals surface area contributed by atoms with E-state index >= 15 is 0 Å². The van der Waals surface area contributed by atoms with E-state index in [1.807, 2.05) is 25.1 Å². The van der Waals surface area contributed by atoms with E-state index in [0.29, 0.717) is 23.3 Å². The maximum absolute atomic E-state index is 13.2.